The van der Waals surface area contributed by atoms with Gasteiger partial charge in [0.1, 0.15) is 0 Å². The number of nitriles is 1. The van der Waals surface area contributed by atoms with E-state index in [1.807, 2.05) is 0 Å². The fourth-order valence-corrected chi connectivity index (χ4v) is 1.94. The van der Waals surface area contributed by atoms with Crippen molar-refractivity contribution in [2.45, 2.75) is 37.9 Å². The maximum absolute atomic E-state index is 8.55. The standard InChI is InChI=1S/C10H17NO2/c1-12-10(13-2)6-3-9(4-7-10)5-8-11/h9H,3-7H2,1-2H3. The van der Waals surface area contributed by atoms with Crippen molar-refractivity contribution in [2.75, 3.05) is 14.2 Å². The average molecular weight is 183 g/mol. The molecule has 0 aliphatic heterocycles. The number of ether oxygens (including phenoxy) is 2. The van der Waals surface area contributed by atoms with Crippen LogP contribution in [0.15, 0.2) is 0 Å². The number of nitrogens with zero attached hydrogens (tertiary/aromatic N) is 1. The molecule has 13 heavy (non-hydrogen) atoms. The van der Waals surface area contributed by atoms with Crippen molar-refractivity contribution in [3.05, 3.63) is 0 Å². The first-order valence-electron chi connectivity index (χ1n) is 4.73. The van der Waals surface area contributed by atoms with Crippen LogP contribution in [0, 0.1) is 17.2 Å². The van der Waals surface area contributed by atoms with E-state index in [2.05, 4.69) is 6.07 Å². The Morgan fingerprint density at radius 3 is 2.23 bits per heavy atom. The molecule has 0 radical (unpaired) electrons. The smallest absolute Gasteiger partial charge is 0.167 e. The quantitative estimate of drug-likeness (QED) is 0.629. The SMILES string of the molecule is COC1(OC)CCC(CC#N)CC1. The molecule has 3 nitrogen and oxygen atoms in total. The van der Waals surface area contributed by atoms with E-state index in [1.165, 1.54) is 0 Å². The molecule has 0 amide bonds. The van der Waals surface area contributed by atoms with Crippen LogP contribution in [-0.4, -0.2) is 20.0 Å². The zero-order chi connectivity index (χ0) is 9.73. The maximum atomic E-state index is 8.55. The summed E-state index contributed by atoms with van der Waals surface area (Å²) in [6.07, 6.45) is 4.56. The normalized spacial score (nSPS) is 22.5. The van der Waals surface area contributed by atoms with E-state index >= 15 is 0 Å². The van der Waals surface area contributed by atoms with Crippen molar-refractivity contribution < 1.29 is 9.47 Å². The van der Waals surface area contributed by atoms with Crippen molar-refractivity contribution in [3.63, 3.8) is 0 Å². The molecular formula is C10H17NO2. The summed E-state index contributed by atoms with van der Waals surface area (Å²) >= 11 is 0. The number of rotatable bonds is 3. The van der Waals surface area contributed by atoms with Gasteiger partial charge in [-0.1, -0.05) is 0 Å². The minimum absolute atomic E-state index is 0.369. The second-order valence-corrected chi connectivity index (χ2v) is 3.62. The highest BCUT2D eigenvalue weighted by molar-refractivity contribution is 4.84. The van der Waals surface area contributed by atoms with Crippen LogP contribution in [-0.2, 0) is 9.47 Å². The van der Waals surface area contributed by atoms with Gasteiger partial charge in [-0.3, -0.25) is 0 Å². The number of hydrogen-bond donors (Lipinski definition) is 0. The predicted octanol–water partition coefficient (Wildman–Crippen LogP) is 2.08. The molecule has 0 aromatic rings. The Bertz CT molecular complexity index is 184. The van der Waals surface area contributed by atoms with Crippen LogP contribution in [0.4, 0.5) is 0 Å². The second-order valence-electron chi connectivity index (χ2n) is 3.62. The van der Waals surface area contributed by atoms with E-state index in [1.54, 1.807) is 14.2 Å². The van der Waals surface area contributed by atoms with Gasteiger partial charge in [0.15, 0.2) is 5.79 Å². The van der Waals surface area contributed by atoms with Crippen LogP contribution in [0.25, 0.3) is 0 Å². The summed E-state index contributed by atoms with van der Waals surface area (Å²) in [4.78, 5) is 0. The topological polar surface area (TPSA) is 42.2 Å². The van der Waals surface area contributed by atoms with Crippen LogP contribution in [0.3, 0.4) is 0 Å². The summed E-state index contributed by atoms with van der Waals surface area (Å²) in [6.45, 7) is 0. The molecule has 3 heteroatoms. The van der Waals surface area contributed by atoms with Crippen molar-refractivity contribution in [3.8, 4) is 6.07 Å². The first kappa shape index (κ1) is 10.5. The summed E-state index contributed by atoms with van der Waals surface area (Å²) < 4.78 is 10.7. The van der Waals surface area contributed by atoms with Gasteiger partial charge < -0.3 is 9.47 Å². The lowest BCUT2D eigenvalue weighted by molar-refractivity contribution is -0.227. The fraction of sp³-hybridized carbons (Fsp3) is 0.900. The van der Waals surface area contributed by atoms with E-state index < -0.39 is 0 Å². The Morgan fingerprint density at radius 2 is 1.85 bits per heavy atom. The molecule has 1 aliphatic rings. The zero-order valence-corrected chi connectivity index (χ0v) is 8.38. The van der Waals surface area contributed by atoms with Gasteiger partial charge in [0.05, 0.1) is 6.07 Å². The molecule has 0 heterocycles. The second kappa shape index (κ2) is 4.59. The van der Waals surface area contributed by atoms with E-state index in [9.17, 15) is 0 Å². The minimum Gasteiger partial charge on any atom is -0.353 e. The Morgan fingerprint density at radius 1 is 1.31 bits per heavy atom. The largest absolute Gasteiger partial charge is 0.353 e. The van der Waals surface area contributed by atoms with Gasteiger partial charge in [0.25, 0.3) is 0 Å². The van der Waals surface area contributed by atoms with Crippen molar-refractivity contribution in [2.24, 2.45) is 5.92 Å². The molecule has 74 valence electrons. The highest BCUT2D eigenvalue weighted by Gasteiger charge is 2.34. The minimum atomic E-state index is -0.369. The lowest BCUT2D eigenvalue weighted by atomic mass is 9.83. The molecule has 1 fully saturated rings. The zero-order valence-electron chi connectivity index (χ0n) is 8.38. The fourth-order valence-electron chi connectivity index (χ4n) is 1.94. The highest BCUT2D eigenvalue weighted by atomic mass is 16.7. The van der Waals surface area contributed by atoms with Gasteiger partial charge in [0, 0.05) is 33.5 Å². The van der Waals surface area contributed by atoms with E-state index in [4.69, 9.17) is 14.7 Å². The van der Waals surface area contributed by atoms with Gasteiger partial charge in [-0.2, -0.15) is 5.26 Å². The average Bonchev–Trinajstić information content (AvgIpc) is 2.20. The molecule has 0 N–H and O–H groups in total. The van der Waals surface area contributed by atoms with Gasteiger partial charge in [-0.15, -0.1) is 0 Å². The van der Waals surface area contributed by atoms with Gasteiger partial charge >= 0.3 is 0 Å². The molecule has 0 aromatic heterocycles. The van der Waals surface area contributed by atoms with Crippen LogP contribution >= 0.6 is 0 Å². The summed E-state index contributed by atoms with van der Waals surface area (Å²) in [7, 11) is 3.38. The summed E-state index contributed by atoms with van der Waals surface area (Å²) in [5.74, 6) is 0.176. The van der Waals surface area contributed by atoms with Crippen molar-refractivity contribution in [1.29, 1.82) is 5.26 Å². The molecular weight excluding hydrogens is 166 g/mol. The number of hydrogen-bond acceptors (Lipinski definition) is 3. The molecule has 0 atom stereocenters. The molecule has 0 unspecified atom stereocenters. The van der Waals surface area contributed by atoms with Crippen LogP contribution in [0.2, 0.25) is 0 Å². The predicted molar refractivity (Wildman–Crippen MR) is 48.9 cm³/mol. The summed E-state index contributed by atoms with van der Waals surface area (Å²) in [5, 5.41) is 8.55. The Kier molecular flexibility index (Phi) is 3.71. The highest BCUT2D eigenvalue weighted by Crippen LogP contribution is 2.36. The molecule has 0 bridgehead atoms. The van der Waals surface area contributed by atoms with Crippen LogP contribution in [0.1, 0.15) is 32.1 Å². The Labute approximate surface area is 79.6 Å². The first-order chi connectivity index (χ1) is 6.26. The monoisotopic (exact) mass is 183 g/mol. The third-order valence-electron chi connectivity index (χ3n) is 2.99. The first-order valence-corrected chi connectivity index (χ1v) is 4.73. The molecule has 1 rings (SSSR count). The van der Waals surface area contributed by atoms with Gasteiger partial charge in [0.2, 0.25) is 0 Å². The molecule has 0 saturated heterocycles. The third-order valence-corrected chi connectivity index (χ3v) is 2.99. The van der Waals surface area contributed by atoms with Crippen LogP contribution < -0.4 is 0 Å². The van der Waals surface area contributed by atoms with Crippen molar-refractivity contribution in [1.82, 2.24) is 0 Å². The molecule has 0 aromatic carbocycles. The van der Waals surface area contributed by atoms with Gasteiger partial charge in [-0.05, 0) is 18.8 Å². The third kappa shape index (κ3) is 2.43. The van der Waals surface area contributed by atoms with Crippen LogP contribution in [0.5, 0.6) is 0 Å². The number of methoxy groups -OCH3 is 2. The summed E-state index contributed by atoms with van der Waals surface area (Å²) in [5.41, 5.74) is 0. The molecule has 1 saturated carbocycles. The molecule has 1 aliphatic carbocycles. The van der Waals surface area contributed by atoms with E-state index in [0.29, 0.717) is 12.3 Å². The lowest BCUT2D eigenvalue weighted by Gasteiger charge is -2.37. The summed E-state index contributed by atoms with van der Waals surface area (Å²) in [6, 6.07) is 2.22. The van der Waals surface area contributed by atoms with Crippen molar-refractivity contribution >= 4 is 0 Å². The lowest BCUT2D eigenvalue weighted by Crippen LogP contribution is -2.37. The van der Waals surface area contributed by atoms with E-state index in [-0.39, 0.29) is 5.79 Å². The Balaban J connectivity index is 2.41. The molecule has 0 spiro atoms. The Hall–Kier alpha value is -0.590. The van der Waals surface area contributed by atoms with Gasteiger partial charge in [-0.25, -0.2) is 0 Å². The van der Waals surface area contributed by atoms with E-state index in [0.717, 1.165) is 25.7 Å². The maximum Gasteiger partial charge on any atom is 0.167 e.